The molecule has 4 heteroatoms. The number of halogens is 1. The van der Waals surface area contributed by atoms with Crippen LogP contribution in [0.15, 0.2) is 18.2 Å². The normalized spacial score (nSPS) is 21.1. The first-order valence-electron chi connectivity index (χ1n) is 6.89. The zero-order valence-electron chi connectivity index (χ0n) is 11.2. The van der Waals surface area contributed by atoms with Gasteiger partial charge in [-0.05, 0) is 37.9 Å². The van der Waals surface area contributed by atoms with Crippen LogP contribution in [0.25, 0.3) is 10.9 Å². The van der Waals surface area contributed by atoms with Gasteiger partial charge in [-0.1, -0.05) is 23.7 Å². The van der Waals surface area contributed by atoms with Crippen molar-refractivity contribution in [3.05, 3.63) is 34.5 Å². The van der Waals surface area contributed by atoms with E-state index in [1.165, 1.54) is 23.1 Å². The van der Waals surface area contributed by atoms with Crippen molar-refractivity contribution in [3.63, 3.8) is 0 Å². The minimum atomic E-state index is 0.321. The molecule has 1 fully saturated rings. The molecule has 0 radical (unpaired) electrons. The number of nitrogens with two attached hydrogens (primary N) is 1. The third-order valence-electron chi connectivity index (χ3n) is 4.07. The zero-order valence-corrected chi connectivity index (χ0v) is 12.0. The standard InChI is InChI=1S/C15H20ClN3/c1-10-12-5-2-6-13(16)15(12)18-14(10)9-19-7-3-4-11(17)8-19/h2,5-6,11,18H,3-4,7-9,17H2,1H3/t11-/m0/s1. The van der Waals surface area contributed by atoms with Crippen LogP contribution < -0.4 is 5.73 Å². The largest absolute Gasteiger partial charge is 0.356 e. The summed E-state index contributed by atoms with van der Waals surface area (Å²) in [6, 6.07) is 6.38. The number of hydrogen-bond acceptors (Lipinski definition) is 2. The summed E-state index contributed by atoms with van der Waals surface area (Å²) in [6.45, 7) is 5.22. The summed E-state index contributed by atoms with van der Waals surface area (Å²) >= 11 is 6.24. The number of aromatic nitrogens is 1. The van der Waals surface area contributed by atoms with Crippen molar-refractivity contribution in [3.8, 4) is 0 Å². The molecule has 0 saturated carbocycles. The molecule has 19 heavy (non-hydrogen) atoms. The predicted octanol–water partition coefficient (Wildman–Crippen LogP) is 3.05. The second kappa shape index (κ2) is 5.16. The smallest absolute Gasteiger partial charge is 0.0648 e. The molecule has 0 spiro atoms. The van der Waals surface area contributed by atoms with E-state index in [1.54, 1.807) is 0 Å². The number of benzene rings is 1. The number of nitrogens with one attached hydrogen (secondary N) is 1. The van der Waals surface area contributed by atoms with E-state index in [2.05, 4.69) is 22.9 Å². The summed E-state index contributed by atoms with van der Waals surface area (Å²) in [4.78, 5) is 5.91. The number of hydrogen-bond donors (Lipinski definition) is 2. The van der Waals surface area contributed by atoms with E-state index in [9.17, 15) is 0 Å². The SMILES string of the molecule is Cc1c(CN2CCC[C@H](N)C2)[nH]c2c(Cl)cccc12. The molecule has 1 atom stereocenters. The van der Waals surface area contributed by atoms with Gasteiger partial charge in [0.1, 0.15) is 0 Å². The fourth-order valence-corrected chi connectivity index (χ4v) is 3.21. The van der Waals surface area contributed by atoms with Gasteiger partial charge in [0.15, 0.2) is 0 Å². The Morgan fingerprint density at radius 3 is 3.05 bits per heavy atom. The Bertz CT molecular complexity index is 590. The average Bonchev–Trinajstić information content (AvgIpc) is 2.69. The highest BCUT2D eigenvalue weighted by Gasteiger charge is 2.19. The molecule has 0 unspecified atom stereocenters. The summed E-state index contributed by atoms with van der Waals surface area (Å²) < 4.78 is 0. The molecular weight excluding hydrogens is 258 g/mol. The van der Waals surface area contributed by atoms with Crippen LogP contribution in [0, 0.1) is 6.92 Å². The molecule has 3 N–H and O–H groups in total. The van der Waals surface area contributed by atoms with Gasteiger partial charge in [-0.25, -0.2) is 0 Å². The lowest BCUT2D eigenvalue weighted by Gasteiger charge is -2.30. The number of aromatic amines is 1. The zero-order chi connectivity index (χ0) is 13.4. The Kier molecular flexibility index (Phi) is 3.52. The van der Waals surface area contributed by atoms with E-state index in [1.807, 2.05) is 12.1 Å². The van der Waals surface area contributed by atoms with Crippen LogP contribution in [0.3, 0.4) is 0 Å². The van der Waals surface area contributed by atoms with Crippen molar-refractivity contribution < 1.29 is 0 Å². The maximum Gasteiger partial charge on any atom is 0.0648 e. The second-order valence-electron chi connectivity index (χ2n) is 5.53. The first-order valence-corrected chi connectivity index (χ1v) is 7.26. The van der Waals surface area contributed by atoms with Gasteiger partial charge in [-0.2, -0.15) is 0 Å². The molecule has 1 saturated heterocycles. The van der Waals surface area contributed by atoms with Crippen molar-refractivity contribution in [2.75, 3.05) is 13.1 Å². The van der Waals surface area contributed by atoms with Crippen LogP contribution in [-0.4, -0.2) is 29.0 Å². The van der Waals surface area contributed by atoms with Gasteiger partial charge in [-0.3, -0.25) is 4.90 Å². The fourth-order valence-electron chi connectivity index (χ4n) is 2.99. The molecule has 0 bridgehead atoms. The van der Waals surface area contributed by atoms with Crippen LogP contribution in [0.5, 0.6) is 0 Å². The maximum absolute atomic E-state index is 6.24. The van der Waals surface area contributed by atoms with E-state index in [0.29, 0.717) is 6.04 Å². The number of nitrogens with zero attached hydrogens (tertiary/aromatic N) is 1. The quantitative estimate of drug-likeness (QED) is 0.886. The van der Waals surface area contributed by atoms with E-state index >= 15 is 0 Å². The summed E-state index contributed by atoms with van der Waals surface area (Å²) in [5, 5.41) is 2.02. The molecule has 2 aromatic rings. The third kappa shape index (κ3) is 2.50. The summed E-state index contributed by atoms with van der Waals surface area (Å²) in [7, 11) is 0. The van der Waals surface area contributed by atoms with Crippen LogP contribution in [0.2, 0.25) is 5.02 Å². The monoisotopic (exact) mass is 277 g/mol. The van der Waals surface area contributed by atoms with Crippen LogP contribution in [0.1, 0.15) is 24.1 Å². The van der Waals surface area contributed by atoms with Crippen LogP contribution in [-0.2, 0) is 6.54 Å². The van der Waals surface area contributed by atoms with E-state index in [4.69, 9.17) is 17.3 Å². The Balaban J connectivity index is 1.88. The molecule has 102 valence electrons. The molecule has 1 aromatic carbocycles. The highest BCUT2D eigenvalue weighted by Crippen LogP contribution is 2.28. The van der Waals surface area contributed by atoms with Crippen molar-refractivity contribution in [1.29, 1.82) is 0 Å². The Morgan fingerprint density at radius 2 is 2.32 bits per heavy atom. The topological polar surface area (TPSA) is 45.0 Å². The number of fused-ring (bicyclic) bond motifs is 1. The highest BCUT2D eigenvalue weighted by atomic mass is 35.5. The Hall–Kier alpha value is -1.03. The van der Waals surface area contributed by atoms with Crippen molar-refractivity contribution in [2.45, 2.75) is 32.4 Å². The fraction of sp³-hybridized carbons (Fsp3) is 0.467. The molecule has 3 rings (SSSR count). The third-order valence-corrected chi connectivity index (χ3v) is 4.38. The molecule has 1 aliphatic rings. The van der Waals surface area contributed by atoms with Gasteiger partial charge in [-0.15, -0.1) is 0 Å². The number of rotatable bonds is 2. The van der Waals surface area contributed by atoms with Gasteiger partial charge in [0.25, 0.3) is 0 Å². The lowest BCUT2D eigenvalue weighted by molar-refractivity contribution is 0.199. The highest BCUT2D eigenvalue weighted by molar-refractivity contribution is 6.35. The van der Waals surface area contributed by atoms with Gasteiger partial charge >= 0.3 is 0 Å². The van der Waals surface area contributed by atoms with Crippen molar-refractivity contribution >= 4 is 22.5 Å². The summed E-state index contributed by atoms with van der Waals surface area (Å²) in [5.74, 6) is 0. The first kappa shape index (κ1) is 13.0. The minimum absolute atomic E-state index is 0.321. The predicted molar refractivity (Wildman–Crippen MR) is 80.5 cm³/mol. The van der Waals surface area contributed by atoms with Crippen molar-refractivity contribution in [1.82, 2.24) is 9.88 Å². The molecule has 0 amide bonds. The van der Waals surface area contributed by atoms with Crippen LogP contribution >= 0.6 is 11.6 Å². The lowest BCUT2D eigenvalue weighted by Crippen LogP contribution is -2.42. The van der Waals surface area contributed by atoms with Crippen molar-refractivity contribution in [2.24, 2.45) is 5.73 Å². The van der Waals surface area contributed by atoms with E-state index in [0.717, 1.165) is 36.6 Å². The van der Waals surface area contributed by atoms with E-state index in [-0.39, 0.29) is 0 Å². The first-order chi connectivity index (χ1) is 9.15. The molecule has 1 aliphatic heterocycles. The van der Waals surface area contributed by atoms with Gasteiger partial charge in [0, 0.05) is 30.2 Å². The number of para-hydroxylation sites is 1. The van der Waals surface area contributed by atoms with E-state index < -0.39 is 0 Å². The lowest BCUT2D eigenvalue weighted by atomic mass is 10.1. The summed E-state index contributed by atoms with van der Waals surface area (Å²) in [6.07, 6.45) is 2.34. The van der Waals surface area contributed by atoms with Gasteiger partial charge < -0.3 is 10.7 Å². The number of likely N-dealkylation sites (tertiary alicyclic amines) is 1. The molecule has 0 aliphatic carbocycles. The Morgan fingerprint density at radius 1 is 1.47 bits per heavy atom. The van der Waals surface area contributed by atoms with Crippen LogP contribution in [0.4, 0.5) is 0 Å². The number of H-pyrrole nitrogens is 1. The molecule has 3 nitrogen and oxygen atoms in total. The van der Waals surface area contributed by atoms with Gasteiger partial charge in [0.05, 0.1) is 10.5 Å². The molecule has 2 heterocycles. The molecule has 1 aromatic heterocycles. The Labute approximate surface area is 118 Å². The number of aryl methyl sites for hydroxylation is 1. The molecular formula is C15H20ClN3. The maximum atomic E-state index is 6.24. The second-order valence-corrected chi connectivity index (χ2v) is 5.94. The number of piperidine rings is 1. The summed E-state index contributed by atoms with van der Waals surface area (Å²) in [5.41, 5.74) is 9.66. The average molecular weight is 278 g/mol. The minimum Gasteiger partial charge on any atom is -0.356 e. The van der Waals surface area contributed by atoms with Gasteiger partial charge in [0.2, 0.25) is 0 Å².